The first-order chi connectivity index (χ1) is 8.22. The molecule has 90 valence electrons. The van der Waals surface area contributed by atoms with Gasteiger partial charge in [-0.1, -0.05) is 0 Å². The molecule has 1 aliphatic carbocycles. The van der Waals surface area contributed by atoms with Crippen molar-refractivity contribution in [1.29, 1.82) is 0 Å². The molecule has 5 nitrogen and oxygen atoms in total. The number of hydrogen-bond donors (Lipinski definition) is 1. The van der Waals surface area contributed by atoms with Crippen LogP contribution in [0.4, 0.5) is 0 Å². The van der Waals surface area contributed by atoms with Gasteiger partial charge in [-0.3, -0.25) is 0 Å². The van der Waals surface area contributed by atoms with Crippen LogP contribution in [0.25, 0.3) is 10.8 Å². The zero-order chi connectivity index (χ0) is 11.8. The lowest BCUT2D eigenvalue weighted by Crippen LogP contribution is -2.15. The zero-order valence-electron chi connectivity index (χ0n) is 9.86. The monoisotopic (exact) mass is 250 g/mol. The summed E-state index contributed by atoms with van der Waals surface area (Å²) in [5.74, 6) is 1.23. The van der Waals surface area contributed by atoms with Crippen molar-refractivity contribution in [2.75, 3.05) is 0 Å². The lowest BCUT2D eigenvalue weighted by molar-refractivity contribution is 0.477. The summed E-state index contributed by atoms with van der Waals surface area (Å²) in [5, 5.41) is 12.5. The molecule has 6 heteroatoms. The summed E-state index contributed by atoms with van der Waals surface area (Å²) in [6, 6.07) is 0.651. The minimum absolute atomic E-state index is 0.584. The molecule has 0 spiro atoms. The molecule has 0 aliphatic heterocycles. The Hall–Kier alpha value is -1.27. The Kier molecular flexibility index (Phi) is 2.68. The van der Waals surface area contributed by atoms with Gasteiger partial charge in [0.15, 0.2) is 0 Å². The number of nitrogens with zero attached hydrogens (tertiary/aromatic N) is 3. The first-order valence-corrected chi connectivity index (χ1v) is 6.54. The summed E-state index contributed by atoms with van der Waals surface area (Å²) in [5.41, 5.74) is 0.956. The van der Waals surface area contributed by atoms with Gasteiger partial charge in [-0.2, -0.15) is 0 Å². The summed E-state index contributed by atoms with van der Waals surface area (Å²) >= 11 is 1.59. The highest BCUT2D eigenvalue weighted by atomic mass is 32.1. The van der Waals surface area contributed by atoms with E-state index < -0.39 is 0 Å². The van der Waals surface area contributed by atoms with Crippen LogP contribution in [0.5, 0.6) is 0 Å². The maximum atomic E-state index is 5.63. The standard InChI is InChI=1S/C11H14N4OS/c1-6-10(17-7(2)13-6)11-15-14-9(16-11)5-12-8-3-4-8/h8,12H,3-5H2,1-2H3. The molecule has 1 N–H and O–H groups in total. The van der Waals surface area contributed by atoms with Crippen molar-refractivity contribution in [3.8, 4) is 10.8 Å². The van der Waals surface area contributed by atoms with Crippen molar-refractivity contribution in [3.05, 3.63) is 16.6 Å². The van der Waals surface area contributed by atoms with E-state index in [-0.39, 0.29) is 0 Å². The number of thiazole rings is 1. The Morgan fingerprint density at radius 3 is 2.82 bits per heavy atom. The molecular formula is C11H14N4OS. The van der Waals surface area contributed by atoms with Crippen LogP contribution in [0.15, 0.2) is 4.42 Å². The van der Waals surface area contributed by atoms with Crippen LogP contribution in [-0.4, -0.2) is 21.2 Å². The zero-order valence-corrected chi connectivity index (χ0v) is 10.7. The number of aromatic nitrogens is 3. The predicted molar refractivity (Wildman–Crippen MR) is 64.7 cm³/mol. The molecule has 1 fully saturated rings. The number of rotatable bonds is 4. The smallest absolute Gasteiger partial charge is 0.259 e. The van der Waals surface area contributed by atoms with Crippen LogP contribution in [0.2, 0.25) is 0 Å². The van der Waals surface area contributed by atoms with Crippen LogP contribution in [-0.2, 0) is 6.54 Å². The van der Waals surface area contributed by atoms with E-state index in [1.165, 1.54) is 12.8 Å². The minimum Gasteiger partial charge on any atom is -0.418 e. The van der Waals surface area contributed by atoms with Gasteiger partial charge in [-0.25, -0.2) is 4.98 Å². The normalized spacial score (nSPS) is 15.4. The average Bonchev–Trinajstić information content (AvgIpc) is 2.90. The van der Waals surface area contributed by atoms with Gasteiger partial charge in [0.1, 0.15) is 4.88 Å². The Labute approximate surface area is 103 Å². The predicted octanol–water partition coefficient (Wildman–Crippen LogP) is 2.06. The second kappa shape index (κ2) is 4.19. The quantitative estimate of drug-likeness (QED) is 0.899. The van der Waals surface area contributed by atoms with Gasteiger partial charge >= 0.3 is 0 Å². The molecule has 1 saturated carbocycles. The van der Waals surface area contributed by atoms with Crippen LogP contribution in [0.1, 0.15) is 29.4 Å². The van der Waals surface area contributed by atoms with E-state index in [2.05, 4.69) is 20.5 Å². The second-order valence-electron chi connectivity index (χ2n) is 4.30. The summed E-state index contributed by atoms with van der Waals surface area (Å²) in [4.78, 5) is 5.34. The van der Waals surface area contributed by atoms with Crippen molar-refractivity contribution in [3.63, 3.8) is 0 Å². The van der Waals surface area contributed by atoms with Gasteiger partial charge < -0.3 is 9.73 Å². The Morgan fingerprint density at radius 1 is 1.35 bits per heavy atom. The van der Waals surface area contributed by atoms with Crippen LogP contribution >= 0.6 is 11.3 Å². The summed E-state index contributed by atoms with van der Waals surface area (Å²) in [6.07, 6.45) is 2.52. The van der Waals surface area contributed by atoms with Crippen LogP contribution in [0, 0.1) is 13.8 Å². The third-order valence-electron chi connectivity index (χ3n) is 2.68. The molecular weight excluding hydrogens is 236 g/mol. The molecule has 0 unspecified atom stereocenters. The van der Waals surface area contributed by atoms with E-state index in [1.807, 2.05) is 13.8 Å². The van der Waals surface area contributed by atoms with Crippen molar-refractivity contribution in [1.82, 2.24) is 20.5 Å². The maximum absolute atomic E-state index is 5.63. The highest BCUT2D eigenvalue weighted by Crippen LogP contribution is 2.28. The van der Waals surface area contributed by atoms with Gasteiger partial charge in [0.2, 0.25) is 5.89 Å². The number of hydrogen-bond acceptors (Lipinski definition) is 6. The highest BCUT2D eigenvalue weighted by Gasteiger charge is 2.21. The van der Waals surface area contributed by atoms with Gasteiger partial charge in [0, 0.05) is 6.04 Å². The first kappa shape index (κ1) is 10.9. The fourth-order valence-corrected chi connectivity index (χ4v) is 2.51. The largest absolute Gasteiger partial charge is 0.418 e. The SMILES string of the molecule is Cc1nc(C)c(-c2nnc(CNC3CC3)o2)s1. The third-order valence-corrected chi connectivity index (χ3v) is 3.74. The molecule has 0 saturated heterocycles. The van der Waals surface area contributed by atoms with Gasteiger partial charge in [0.25, 0.3) is 5.89 Å². The lowest BCUT2D eigenvalue weighted by atomic mass is 10.4. The van der Waals surface area contributed by atoms with Crippen LogP contribution in [0.3, 0.4) is 0 Å². The van der Waals surface area contributed by atoms with E-state index >= 15 is 0 Å². The number of nitrogens with one attached hydrogen (secondary N) is 1. The van der Waals surface area contributed by atoms with E-state index in [0.29, 0.717) is 24.4 Å². The fraction of sp³-hybridized carbons (Fsp3) is 0.545. The van der Waals surface area contributed by atoms with Crippen molar-refractivity contribution < 1.29 is 4.42 Å². The lowest BCUT2D eigenvalue weighted by Gasteiger charge is -1.95. The second-order valence-corrected chi connectivity index (χ2v) is 5.51. The molecule has 0 amide bonds. The molecule has 1 aliphatic rings. The summed E-state index contributed by atoms with van der Waals surface area (Å²) in [6.45, 7) is 4.60. The van der Waals surface area contributed by atoms with E-state index in [1.54, 1.807) is 11.3 Å². The van der Waals surface area contributed by atoms with E-state index in [9.17, 15) is 0 Å². The Balaban J connectivity index is 1.76. The Morgan fingerprint density at radius 2 is 2.18 bits per heavy atom. The fourth-order valence-electron chi connectivity index (χ4n) is 1.67. The molecule has 0 radical (unpaired) electrons. The minimum atomic E-state index is 0.584. The molecule has 0 bridgehead atoms. The molecule has 2 aromatic heterocycles. The van der Waals surface area contributed by atoms with Gasteiger partial charge in [0.05, 0.1) is 17.2 Å². The average molecular weight is 250 g/mol. The molecule has 2 aromatic rings. The first-order valence-electron chi connectivity index (χ1n) is 5.72. The maximum Gasteiger partial charge on any atom is 0.259 e. The number of aryl methyl sites for hydroxylation is 2. The third kappa shape index (κ3) is 2.37. The van der Waals surface area contributed by atoms with Crippen molar-refractivity contribution in [2.24, 2.45) is 0 Å². The summed E-state index contributed by atoms with van der Waals surface area (Å²) in [7, 11) is 0. The summed E-state index contributed by atoms with van der Waals surface area (Å²) < 4.78 is 5.63. The van der Waals surface area contributed by atoms with Crippen molar-refractivity contribution in [2.45, 2.75) is 39.3 Å². The van der Waals surface area contributed by atoms with Crippen LogP contribution < -0.4 is 5.32 Å². The Bertz CT molecular complexity index is 529. The molecule has 0 aromatic carbocycles. The molecule has 2 heterocycles. The molecule has 17 heavy (non-hydrogen) atoms. The van der Waals surface area contributed by atoms with Gasteiger partial charge in [-0.05, 0) is 26.7 Å². The topological polar surface area (TPSA) is 63.8 Å². The van der Waals surface area contributed by atoms with E-state index in [0.717, 1.165) is 15.6 Å². The van der Waals surface area contributed by atoms with Gasteiger partial charge in [-0.15, -0.1) is 21.5 Å². The van der Waals surface area contributed by atoms with E-state index in [4.69, 9.17) is 4.42 Å². The van der Waals surface area contributed by atoms with Crippen molar-refractivity contribution >= 4 is 11.3 Å². The molecule has 3 rings (SSSR count). The molecule has 0 atom stereocenters. The highest BCUT2D eigenvalue weighted by molar-refractivity contribution is 7.15.